The van der Waals surface area contributed by atoms with Gasteiger partial charge >= 0.3 is 18.4 Å². The molecule has 0 spiro atoms. The Kier molecular flexibility index (Phi) is 7.28. The van der Waals surface area contributed by atoms with Crippen LogP contribution in [0.2, 0.25) is 0 Å². The maximum atomic E-state index is 14.6. The fraction of sp³-hybridized carbons (Fsp3) is 0.240. The van der Waals surface area contributed by atoms with E-state index in [1.54, 1.807) is 36.1 Å². The molecule has 4 rings (SSSR count). The molecule has 1 heterocycles. The van der Waals surface area contributed by atoms with Crippen molar-refractivity contribution in [3.8, 4) is 0 Å². The van der Waals surface area contributed by atoms with Crippen molar-refractivity contribution in [1.82, 2.24) is 4.42 Å². The maximum Gasteiger partial charge on any atom is 0.481 e. The first-order chi connectivity index (χ1) is 16.4. The Hall–Kier alpha value is -2.45. The first-order valence-electron chi connectivity index (χ1n) is 10.8. The van der Waals surface area contributed by atoms with Gasteiger partial charge in [-0.05, 0) is 40.1 Å². The summed E-state index contributed by atoms with van der Waals surface area (Å²) in [7, 11) is 2.85. The van der Waals surface area contributed by atoms with Gasteiger partial charge in [0.15, 0.2) is 5.69 Å². The van der Waals surface area contributed by atoms with Gasteiger partial charge in [0.25, 0.3) is 0 Å². The molecule has 1 amide bonds. The number of hydrogen-bond acceptors (Lipinski definition) is 6. The molecule has 3 atom stereocenters. The standard InChI is InChI=1S/C25H28N2O5PS/c1-25(30-2,24(28)26(21-13-7-4-8-14-21)22-15-9-5-10-16-22)27(31-3,23-17-11-6-12-18-23)33(29)32-19-20-34-33/h4-18H,19-20H2,1-3H3/q+1/t25-,27?,33?/m1/s1. The number of hydroxylamine groups is 1. The van der Waals surface area contributed by atoms with E-state index in [0.29, 0.717) is 22.8 Å². The van der Waals surface area contributed by atoms with Gasteiger partial charge in [0.2, 0.25) is 0 Å². The summed E-state index contributed by atoms with van der Waals surface area (Å²) in [6.45, 7) is -1.80. The van der Waals surface area contributed by atoms with Crippen LogP contribution in [0.5, 0.6) is 0 Å². The van der Waals surface area contributed by atoms with E-state index in [1.807, 2.05) is 66.7 Å². The van der Waals surface area contributed by atoms with E-state index in [2.05, 4.69) is 0 Å². The average Bonchev–Trinajstić information content (AvgIpc) is 3.34. The van der Waals surface area contributed by atoms with E-state index in [0.717, 1.165) is 11.4 Å². The lowest BCUT2D eigenvalue weighted by Gasteiger charge is -2.46. The van der Waals surface area contributed by atoms with Gasteiger partial charge in [0.05, 0.1) is 13.7 Å². The summed E-state index contributed by atoms with van der Waals surface area (Å²) in [4.78, 5) is 22.2. The number of benzene rings is 3. The molecule has 0 radical (unpaired) electrons. The molecule has 0 saturated carbocycles. The highest BCUT2D eigenvalue weighted by Crippen LogP contribution is 2.74. The van der Waals surface area contributed by atoms with Gasteiger partial charge in [-0.3, -0.25) is 14.2 Å². The van der Waals surface area contributed by atoms with E-state index in [4.69, 9.17) is 14.1 Å². The minimum absolute atomic E-state index is 0.285. The average molecular weight is 500 g/mol. The van der Waals surface area contributed by atoms with Crippen LogP contribution in [0.1, 0.15) is 6.92 Å². The third-order valence-electron chi connectivity index (χ3n) is 5.91. The molecule has 0 bridgehead atoms. The number of quaternary nitrogens is 1. The molecular weight excluding hydrogens is 471 g/mol. The highest BCUT2D eigenvalue weighted by Gasteiger charge is 2.71. The second-order valence-electron chi connectivity index (χ2n) is 7.73. The molecule has 9 heteroatoms. The van der Waals surface area contributed by atoms with E-state index in [-0.39, 0.29) is 6.61 Å². The van der Waals surface area contributed by atoms with Crippen molar-refractivity contribution in [3.05, 3.63) is 91.0 Å². The quantitative estimate of drug-likeness (QED) is 0.210. The molecule has 0 aliphatic carbocycles. The third kappa shape index (κ3) is 3.90. The number of anilines is 2. The van der Waals surface area contributed by atoms with Gasteiger partial charge in [0, 0.05) is 43.3 Å². The molecule has 34 heavy (non-hydrogen) atoms. The fourth-order valence-electron chi connectivity index (χ4n) is 4.22. The Bertz CT molecular complexity index is 1120. The maximum absolute atomic E-state index is 14.6. The minimum atomic E-state index is -3.69. The Balaban J connectivity index is 1.97. The molecule has 1 saturated heterocycles. The van der Waals surface area contributed by atoms with Crippen LogP contribution in [0.25, 0.3) is 0 Å². The molecule has 1 aliphatic heterocycles. The Morgan fingerprint density at radius 1 is 0.941 bits per heavy atom. The Labute approximate surface area is 204 Å². The summed E-state index contributed by atoms with van der Waals surface area (Å²) in [6.07, 6.45) is 0. The lowest BCUT2D eigenvalue weighted by molar-refractivity contribution is -0.216. The van der Waals surface area contributed by atoms with Gasteiger partial charge in [0.1, 0.15) is 0 Å². The zero-order valence-corrected chi connectivity index (χ0v) is 21.1. The summed E-state index contributed by atoms with van der Waals surface area (Å²) in [5.74, 6) is 0.0622. The van der Waals surface area contributed by atoms with E-state index < -0.39 is 22.8 Å². The highest BCUT2D eigenvalue weighted by atomic mass is 32.7. The largest absolute Gasteiger partial charge is 0.481 e. The number of hydrogen-bond donors (Lipinski definition) is 0. The van der Waals surface area contributed by atoms with Crippen molar-refractivity contribution < 1.29 is 23.5 Å². The van der Waals surface area contributed by atoms with Crippen LogP contribution in [0.15, 0.2) is 91.0 Å². The van der Waals surface area contributed by atoms with Crippen molar-refractivity contribution in [2.75, 3.05) is 31.5 Å². The zero-order valence-electron chi connectivity index (χ0n) is 19.4. The fourth-order valence-corrected chi connectivity index (χ4v) is 9.51. The number of methoxy groups -OCH3 is 1. The summed E-state index contributed by atoms with van der Waals surface area (Å²) in [5.41, 5.74) is -0.0131. The summed E-state index contributed by atoms with van der Waals surface area (Å²) >= 11 is 1.16. The SMILES string of the molecule is CO[C@](C)(C(=O)N(c1ccccc1)c1ccccc1)[N+](OC)(c1ccccc1)P1(=O)OCCS1. The Morgan fingerprint density at radius 3 is 1.85 bits per heavy atom. The smallest absolute Gasteiger partial charge is 0.320 e. The number of ether oxygens (including phenoxy) is 1. The van der Waals surface area contributed by atoms with Crippen molar-refractivity contribution in [2.45, 2.75) is 12.6 Å². The van der Waals surface area contributed by atoms with Gasteiger partial charge in [-0.15, -0.1) is 0 Å². The third-order valence-corrected chi connectivity index (χ3v) is 11.1. The lowest BCUT2D eigenvalue weighted by Crippen LogP contribution is -2.68. The number of para-hydroxylation sites is 3. The second kappa shape index (κ2) is 10.0. The van der Waals surface area contributed by atoms with Crippen LogP contribution >= 0.6 is 18.1 Å². The molecule has 1 fully saturated rings. The van der Waals surface area contributed by atoms with Crippen LogP contribution in [0, 0.1) is 0 Å². The molecule has 0 N–H and O–H groups in total. The van der Waals surface area contributed by atoms with Crippen molar-refractivity contribution >= 4 is 41.1 Å². The van der Waals surface area contributed by atoms with E-state index in [1.165, 1.54) is 14.2 Å². The normalized spacial score (nSPS) is 21.4. The van der Waals surface area contributed by atoms with Crippen LogP contribution in [-0.2, 0) is 23.5 Å². The van der Waals surface area contributed by atoms with Gasteiger partial charge in [-0.1, -0.05) is 54.6 Å². The molecule has 2 unspecified atom stereocenters. The predicted octanol–water partition coefficient (Wildman–Crippen LogP) is 6.15. The number of carbonyl (C=O) groups is 1. The predicted molar refractivity (Wildman–Crippen MR) is 137 cm³/mol. The van der Waals surface area contributed by atoms with Gasteiger partial charge < -0.3 is 4.74 Å². The van der Waals surface area contributed by atoms with Crippen LogP contribution < -0.4 is 9.32 Å². The van der Waals surface area contributed by atoms with Crippen molar-refractivity contribution in [1.29, 1.82) is 0 Å². The summed E-state index contributed by atoms with van der Waals surface area (Å²) in [6, 6.07) is 27.6. The molecule has 1 aliphatic rings. The van der Waals surface area contributed by atoms with Gasteiger partial charge in [-0.2, -0.15) is 4.84 Å². The van der Waals surface area contributed by atoms with Crippen molar-refractivity contribution in [3.63, 3.8) is 0 Å². The molecule has 3 aromatic carbocycles. The topological polar surface area (TPSA) is 65.1 Å². The highest BCUT2D eigenvalue weighted by molar-refractivity contribution is 8.56. The number of rotatable bonds is 8. The molecule has 0 aromatic heterocycles. The second-order valence-corrected chi connectivity index (χ2v) is 12.3. The van der Waals surface area contributed by atoms with Crippen LogP contribution in [0.3, 0.4) is 0 Å². The monoisotopic (exact) mass is 499 g/mol. The molecule has 7 nitrogen and oxygen atoms in total. The zero-order chi connectivity index (χ0) is 24.2. The molecule has 178 valence electrons. The van der Waals surface area contributed by atoms with Crippen LogP contribution in [0.4, 0.5) is 17.1 Å². The summed E-state index contributed by atoms with van der Waals surface area (Å²) in [5, 5.41) is 0. The molecular formula is C25H28N2O5PS+. The first kappa shape index (κ1) is 24.7. The Morgan fingerprint density at radius 2 is 1.44 bits per heavy atom. The van der Waals surface area contributed by atoms with Gasteiger partial charge in [-0.25, -0.2) is 4.57 Å². The van der Waals surface area contributed by atoms with Crippen molar-refractivity contribution in [2.24, 2.45) is 0 Å². The van der Waals surface area contributed by atoms with E-state index in [9.17, 15) is 9.36 Å². The minimum Gasteiger partial charge on any atom is -0.320 e. The number of carbonyl (C=O) groups excluding carboxylic acids is 1. The first-order valence-corrected chi connectivity index (χ1v) is 14.0. The summed E-state index contributed by atoms with van der Waals surface area (Å²) < 4.78 is 25.5. The lowest BCUT2D eigenvalue weighted by atomic mass is 10.1. The molecule has 3 aromatic rings. The number of amides is 1. The van der Waals surface area contributed by atoms with E-state index >= 15 is 0 Å². The van der Waals surface area contributed by atoms with Crippen LogP contribution in [-0.4, -0.2) is 38.2 Å². The number of nitrogens with zero attached hydrogens (tertiary/aromatic N) is 2.